The normalized spacial score (nSPS) is 10.7. The number of carbonyl (C=O) groups excluding carboxylic acids is 2. The SMILES string of the molecule is CCCNC(=O)c1ccccc1NC(=S)NC(=O)C=Cc1cccc2ccccc12. The minimum atomic E-state index is -0.353. The molecule has 2 amide bonds. The van der Waals surface area contributed by atoms with E-state index in [9.17, 15) is 9.59 Å². The zero-order chi connectivity index (χ0) is 21.3. The van der Waals surface area contributed by atoms with E-state index in [0.717, 1.165) is 22.8 Å². The number of thiocarbonyl (C=S) groups is 1. The number of amides is 2. The molecular formula is C24H23N3O2S. The van der Waals surface area contributed by atoms with Gasteiger partial charge in [-0.05, 0) is 53.2 Å². The van der Waals surface area contributed by atoms with Crippen molar-refractivity contribution in [1.82, 2.24) is 10.6 Å². The third kappa shape index (κ3) is 5.52. The Hall–Kier alpha value is -3.51. The average molecular weight is 418 g/mol. The minimum absolute atomic E-state index is 0.123. The van der Waals surface area contributed by atoms with E-state index in [-0.39, 0.29) is 16.9 Å². The largest absolute Gasteiger partial charge is 0.352 e. The van der Waals surface area contributed by atoms with Gasteiger partial charge in [0.2, 0.25) is 5.91 Å². The quantitative estimate of drug-likeness (QED) is 0.408. The highest BCUT2D eigenvalue weighted by atomic mass is 32.1. The Morgan fingerprint density at radius 1 is 0.967 bits per heavy atom. The molecule has 3 aromatic carbocycles. The van der Waals surface area contributed by atoms with Gasteiger partial charge in [0.15, 0.2) is 5.11 Å². The van der Waals surface area contributed by atoms with Crippen molar-refractivity contribution in [3.05, 3.63) is 83.9 Å². The molecular weight excluding hydrogens is 394 g/mol. The monoisotopic (exact) mass is 417 g/mol. The number of anilines is 1. The molecule has 5 nitrogen and oxygen atoms in total. The van der Waals surface area contributed by atoms with Crippen molar-refractivity contribution in [3.8, 4) is 0 Å². The van der Waals surface area contributed by atoms with Crippen LogP contribution in [0, 0.1) is 0 Å². The Bertz CT molecular complexity index is 1100. The summed E-state index contributed by atoms with van der Waals surface area (Å²) in [5.41, 5.74) is 1.95. The molecule has 3 aromatic rings. The van der Waals surface area contributed by atoms with E-state index in [1.165, 1.54) is 6.08 Å². The van der Waals surface area contributed by atoms with Crippen molar-refractivity contribution in [2.75, 3.05) is 11.9 Å². The van der Waals surface area contributed by atoms with Gasteiger partial charge < -0.3 is 10.6 Å². The van der Waals surface area contributed by atoms with Crippen LogP contribution in [0.4, 0.5) is 5.69 Å². The van der Waals surface area contributed by atoms with Crippen molar-refractivity contribution in [1.29, 1.82) is 0 Å². The maximum Gasteiger partial charge on any atom is 0.253 e. The summed E-state index contributed by atoms with van der Waals surface area (Å²) in [6.45, 7) is 2.58. The lowest BCUT2D eigenvalue weighted by Crippen LogP contribution is -2.34. The second-order valence-corrected chi connectivity index (χ2v) is 7.05. The van der Waals surface area contributed by atoms with Crippen LogP contribution in [0.3, 0.4) is 0 Å². The molecule has 0 unspecified atom stereocenters. The predicted octanol–water partition coefficient (Wildman–Crippen LogP) is 4.51. The molecule has 0 aliphatic rings. The first-order valence-electron chi connectivity index (χ1n) is 9.73. The Labute approximate surface area is 181 Å². The number of carbonyl (C=O) groups is 2. The van der Waals surface area contributed by atoms with E-state index in [1.54, 1.807) is 30.3 Å². The first-order valence-corrected chi connectivity index (χ1v) is 10.1. The van der Waals surface area contributed by atoms with Crippen molar-refractivity contribution >= 4 is 51.7 Å². The lowest BCUT2D eigenvalue weighted by atomic mass is 10.0. The summed E-state index contributed by atoms with van der Waals surface area (Å²) < 4.78 is 0. The van der Waals surface area contributed by atoms with E-state index in [0.29, 0.717) is 17.8 Å². The van der Waals surface area contributed by atoms with E-state index < -0.39 is 0 Å². The van der Waals surface area contributed by atoms with Crippen LogP contribution < -0.4 is 16.0 Å². The van der Waals surface area contributed by atoms with Crippen LogP contribution in [0.5, 0.6) is 0 Å². The number of hydrogen-bond donors (Lipinski definition) is 3. The van der Waals surface area contributed by atoms with E-state index >= 15 is 0 Å². The molecule has 30 heavy (non-hydrogen) atoms. The van der Waals surface area contributed by atoms with Crippen LogP contribution in [0.25, 0.3) is 16.8 Å². The fourth-order valence-corrected chi connectivity index (χ4v) is 3.20. The summed E-state index contributed by atoms with van der Waals surface area (Å²) in [5.74, 6) is -0.543. The Balaban J connectivity index is 1.65. The van der Waals surface area contributed by atoms with Gasteiger partial charge in [-0.2, -0.15) is 0 Å². The molecule has 0 aliphatic heterocycles. The number of para-hydroxylation sites is 1. The minimum Gasteiger partial charge on any atom is -0.352 e. The Morgan fingerprint density at radius 2 is 1.70 bits per heavy atom. The lowest BCUT2D eigenvalue weighted by Gasteiger charge is -2.12. The van der Waals surface area contributed by atoms with Crippen LogP contribution in [0.15, 0.2) is 72.8 Å². The van der Waals surface area contributed by atoms with Gasteiger partial charge >= 0.3 is 0 Å². The average Bonchev–Trinajstić information content (AvgIpc) is 2.76. The van der Waals surface area contributed by atoms with Gasteiger partial charge in [0.1, 0.15) is 0 Å². The maximum absolute atomic E-state index is 12.3. The Kier molecular flexibility index (Phi) is 7.29. The van der Waals surface area contributed by atoms with E-state index in [4.69, 9.17) is 12.2 Å². The molecule has 0 bridgehead atoms. The van der Waals surface area contributed by atoms with Gasteiger partial charge in [0, 0.05) is 12.6 Å². The van der Waals surface area contributed by atoms with Gasteiger partial charge in [-0.1, -0.05) is 61.5 Å². The first kappa shape index (κ1) is 21.2. The number of hydrogen-bond acceptors (Lipinski definition) is 3. The molecule has 0 aromatic heterocycles. The second-order valence-electron chi connectivity index (χ2n) is 6.65. The molecule has 0 radical (unpaired) electrons. The zero-order valence-electron chi connectivity index (χ0n) is 16.6. The molecule has 0 saturated heterocycles. The van der Waals surface area contributed by atoms with E-state index in [2.05, 4.69) is 16.0 Å². The van der Waals surface area contributed by atoms with E-state index in [1.807, 2.05) is 49.4 Å². The molecule has 152 valence electrons. The van der Waals surface area contributed by atoms with Crippen LogP contribution in [-0.2, 0) is 4.79 Å². The molecule has 0 spiro atoms. The highest BCUT2D eigenvalue weighted by molar-refractivity contribution is 7.80. The van der Waals surface area contributed by atoms with Gasteiger partial charge in [0.25, 0.3) is 5.91 Å². The van der Waals surface area contributed by atoms with Crippen LogP contribution in [0.1, 0.15) is 29.3 Å². The molecule has 3 N–H and O–H groups in total. The first-order chi connectivity index (χ1) is 14.6. The standard InChI is InChI=1S/C24H23N3O2S/c1-2-16-25-23(29)20-12-5-6-13-21(20)26-24(30)27-22(28)15-14-18-10-7-9-17-8-3-4-11-19(17)18/h3-15H,2,16H2,1H3,(H,25,29)(H2,26,27,28,30). The Morgan fingerprint density at radius 3 is 2.53 bits per heavy atom. The fourth-order valence-electron chi connectivity index (χ4n) is 2.99. The third-order valence-electron chi connectivity index (χ3n) is 4.43. The lowest BCUT2D eigenvalue weighted by molar-refractivity contribution is -0.115. The van der Waals surface area contributed by atoms with Crippen molar-refractivity contribution in [2.24, 2.45) is 0 Å². The third-order valence-corrected chi connectivity index (χ3v) is 4.63. The molecule has 6 heteroatoms. The van der Waals surface area contributed by atoms with Crippen molar-refractivity contribution in [2.45, 2.75) is 13.3 Å². The fraction of sp³-hybridized carbons (Fsp3) is 0.125. The zero-order valence-corrected chi connectivity index (χ0v) is 17.5. The molecule has 0 saturated carbocycles. The summed E-state index contributed by atoms with van der Waals surface area (Å²) in [7, 11) is 0. The van der Waals surface area contributed by atoms with Gasteiger partial charge in [0.05, 0.1) is 11.3 Å². The highest BCUT2D eigenvalue weighted by Gasteiger charge is 2.11. The van der Waals surface area contributed by atoms with Gasteiger partial charge in [-0.25, -0.2) is 0 Å². The maximum atomic E-state index is 12.3. The number of rotatable bonds is 6. The predicted molar refractivity (Wildman–Crippen MR) is 126 cm³/mol. The summed E-state index contributed by atoms with van der Waals surface area (Å²) in [6, 6.07) is 20.9. The topological polar surface area (TPSA) is 70.2 Å². The van der Waals surface area contributed by atoms with Crippen LogP contribution in [0.2, 0.25) is 0 Å². The summed E-state index contributed by atoms with van der Waals surface area (Å²) in [5, 5.41) is 10.7. The number of nitrogens with one attached hydrogen (secondary N) is 3. The molecule has 0 heterocycles. The molecule has 3 rings (SSSR count). The molecule has 0 atom stereocenters. The number of benzene rings is 3. The summed E-state index contributed by atoms with van der Waals surface area (Å²) >= 11 is 5.25. The second kappa shape index (κ2) is 10.3. The van der Waals surface area contributed by atoms with Crippen LogP contribution >= 0.6 is 12.2 Å². The summed E-state index contributed by atoms with van der Waals surface area (Å²) in [6.07, 6.45) is 4.04. The van der Waals surface area contributed by atoms with Crippen molar-refractivity contribution < 1.29 is 9.59 Å². The molecule has 0 aliphatic carbocycles. The smallest absolute Gasteiger partial charge is 0.253 e. The summed E-state index contributed by atoms with van der Waals surface area (Å²) in [4.78, 5) is 24.6. The highest BCUT2D eigenvalue weighted by Crippen LogP contribution is 2.19. The van der Waals surface area contributed by atoms with Gasteiger partial charge in [-0.15, -0.1) is 0 Å². The van der Waals surface area contributed by atoms with Crippen molar-refractivity contribution in [3.63, 3.8) is 0 Å². The van der Waals surface area contributed by atoms with Crippen LogP contribution in [-0.4, -0.2) is 23.5 Å². The number of fused-ring (bicyclic) bond motifs is 1. The van der Waals surface area contributed by atoms with Gasteiger partial charge in [-0.3, -0.25) is 14.9 Å². The molecule has 0 fully saturated rings.